The number of carbonyl (C=O) groups is 2. The quantitative estimate of drug-likeness (QED) is 0.376. The number of fused-ring (bicyclic) bond motifs is 1. The lowest BCUT2D eigenvalue weighted by Crippen LogP contribution is -2.41. The van der Waals surface area contributed by atoms with Gasteiger partial charge in [-0.15, -0.1) is 0 Å². The number of methoxy groups -OCH3 is 3. The van der Waals surface area contributed by atoms with Gasteiger partial charge >= 0.3 is 0 Å². The maximum absolute atomic E-state index is 13.5. The van der Waals surface area contributed by atoms with Gasteiger partial charge in [-0.2, -0.15) is 0 Å². The predicted octanol–water partition coefficient (Wildman–Crippen LogP) is 5.09. The van der Waals surface area contributed by atoms with Gasteiger partial charge < -0.3 is 14.2 Å². The number of halogens is 1. The minimum absolute atomic E-state index is 0.139. The number of hydrogen-bond acceptors (Lipinski definition) is 5. The molecule has 1 aliphatic heterocycles. The number of imide groups is 1. The van der Waals surface area contributed by atoms with E-state index in [4.69, 9.17) is 25.8 Å². The Morgan fingerprint density at radius 3 is 2.18 bits per heavy atom. The Morgan fingerprint density at radius 2 is 1.55 bits per heavy atom. The molecule has 3 aromatic rings. The highest BCUT2D eigenvalue weighted by Crippen LogP contribution is 2.38. The third-order valence-electron chi connectivity index (χ3n) is 5.43. The van der Waals surface area contributed by atoms with Crippen LogP contribution >= 0.6 is 11.6 Å². The van der Waals surface area contributed by atoms with Gasteiger partial charge in [0.25, 0.3) is 11.8 Å². The lowest BCUT2D eigenvalue weighted by molar-refractivity contribution is -0.123. The van der Waals surface area contributed by atoms with Crippen molar-refractivity contribution in [3.05, 3.63) is 87.9 Å². The molecule has 0 N–H and O–H groups in total. The largest absolute Gasteiger partial charge is 0.497 e. The molecule has 0 aromatic heterocycles. The third kappa shape index (κ3) is 4.30. The minimum Gasteiger partial charge on any atom is -0.497 e. The van der Waals surface area contributed by atoms with Gasteiger partial charge in [0, 0.05) is 11.1 Å². The second kappa shape index (κ2) is 9.38. The van der Waals surface area contributed by atoms with Crippen LogP contribution in [0.15, 0.2) is 60.7 Å². The number of ether oxygens (including phenoxy) is 3. The highest BCUT2D eigenvalue weighted by atomic mass is 35.5. The van der Waals surface area contributed by atoms with E-state index in [0.29, 0.717) is 44.5 Å². The van der Waals surface area contributed by atoms with E-state index >= 15 is 0 Å². The Kier molecular flexibility index (Phi) is 6.38. The molecule has 2 amide bonds. The number of hydrogen-bond donors (Lipinski definition) is 0. The number of nitrogens with zero attached hydrogens (tertiary/aromatic N) is 1. The fourth-order valence-corrected chi connectivity index (χ4v) is 4.08. The minimum atomic E-state index is -0.388. The first-order valence-corrected chi connectivity index (χ1v) is 10.6. The van der Waals surface area contributed by atoms with E-state index in [0.717, 1.165) is 5.56 Å². The lowest BCUT2D eigenvalue weighted by atomic mass is 9.91. The summed E-state index contributed by atoms with van der Waals surface area (Å²) in [4.78, 5) is 28.0. The molecule has 7 heteroatoms. The fourth-order valence-electron chi connectivity index (χ4n) is 3.79. The standard InChI is InChI=1S/C26H22ClNO5/c1-31-18-10-8-16(9-11-18)15-28-25(29)20-7-5-4-6-19(20)21(26(28)30)12-17-13-22(27)24(33-3)23(14-17)32-2/h4-14H,15H2,1-3H3/b21-12-. The summed E-state index contributed by atoms with van der Waals surface area (Å²) in [5.74, 6) is 0.827. The molecule has 0 spiro atoms. The SMILES string of the molecule is COc1ccc(CN2C(=O)/C(=C\c3cc(Cl)c(OC)c(OC)c3)c3ccccc3C2=O)cc1. The van der Waals surface area contributed by atoms with E-state index in [1.165, 1.54) is 19.1 Å². The van der Waals surface area contributed by atoms with Crippen LogP contribution in [0.4, 0.5) is 0 Å². The van der Waals surface area contributed by atoms with Gasteiger partial charge in [-0.25, -0.2) is 0 Å². The summed E-state index contributed by atoms with van der Waals surface area (Å²) in [6.45, 7) is 0.139. The second-order valence-corrected chi connectivity index (χ2v) is 7.79. The summed E-state index contributed by atoms with van der Waals surface area (Å²) in [6, 6.07) is 17.7. The van der Waals surface area contributed by atoms with Crippen molar-refractivity contribution in [3.63, 3.8) is 0 Å². The van der Waals surface area contributed by atoms with Crippen LogP contribution in [0.3, 0.4) is 0 Å². The van der Waals surface area contributed by atoms with E-state index in [1.807, 2.05) is 12.1 Å². The first kappa shape index (κ1) is 22.4. The van der Waals surface area contributed by atoms with Gasteiger partial charge in [-0.3, -0.25) is 14.5 Å². The van der Waals surface area contributed by atoms with Crippen LogP contribution in [0.5, 0.6) is 17.2 Å². The van der Waals surface area contributed by atoms with Gasteiger partial charge in [-0.05, 0) is 53.1 Å². The molecule has 0 unspecified atom stereocenters. The normalized spacial score (nSPS) is 14.3. The first-order chi connectivity index (χ1) is 16.0. The topological polar surface area (TPSA) is 65.1 Å². The van der Waals surface area contributed by atoms with Crippen LogP contribution in [0.2, 0.25) is 5.02 Å². The maximum atomic E-state index is 13.5. The molecule has 3 aromatic carbocycles. The molecule has 0 fully saturated rings. The molecular formula is C26H22ClNO5. The zero-order valence-corrected chi connectivity index (χ0v) is 19.2. The number of amides is 2. The molecule has 0 aliphatic carbocycles. The Bertz CT molecular complexity index is 1250. The van der Waals surface area contributed by atoms with Crippen molar-refractivity contribution in [2.45, 2.75) is 6.54 Å². The van der Waals surface area contributed by atoms with Crippen molar-refractivity contribution in [2.24, 2.45) is 0 Å². The van der Waals surface area contributed by atoms with Crippen LogP contribution in [0.1, 0.15) is 27.0 Å². The number of rotatable bonds is 6. The highest BCUT2D eigenvalue weighted by Gasteiger charge is 2.34. The molecule has 1 aliphatic rings. The number of carbonyl (C=O) groups excluding carboxylic acids is 2. The lowest BCUT2D eigenvalue weighted by Gasteiger charge is -2.29. The van der Waals surface area contributed by atoms with E-state index in [9.17, 15) is 9.59 Å². The molecular weight excluding hydrogens is 442 g/mol. The Labute approximate surface area is 196 Å². The summed E-state index contributed by atoms with van der Waals surface area (Å²) >= 11 is 6.36. The molecule has 0 saturated heterocycles. The number of benzene rings is 3. The van der Waals surface area contributed by atoms with Gasteiger partial charge in [0.15, 0.2) is 11.5 Å². The van der Waals surface area contributed by atoms with Crippen LogP contribution < -0.4 is 14.2 Å². The van der Waals surface area contributed by atoms with Crippen molar-refractivity contribution < 1.29 is 23.8 Å². The Balaban J connectivity index is 1.78. The molecule has 1 heterocycles. The van der Waals surface area contributed by atoms with Gasteiger partial charge in [0.05, 0.1) is 32.9 Å². The van der Waals surface area contributed by atoms with E-state index in [2.05, 4.69) is 0 Å². The molecule has 168 valence electrons. The third-order valence-corrected chi connectivity index (χ3v) is 5.72. The molecule has 0 atom stereocenters. The molecule has 33 heavy (non-hydrogen) atoms. The Morgan fingerprint density at radius 1 is 0.848 bits per heavy atom. The molecule has 6 nitrogen and oxygen atoms in total. The smallest absolute Gasteiger partial charge is 0.261 e. The van der Waals surface area contributed by atoms with E-state index in [1.54, 1.807) is 61.7 Å². The van der Waals surface area contributed by atoms with Crippen molar-refractivity contribution in [3.8, 4) is 17.2 Å². The second-order valence-electron chi connectivity index (χ2n) is 7.39. The van der Waals surface area contributed by atoms with E-state index in [-0.39, 0.29) is 18.4 Å². The average molecular weight is 464 g/mol. The summed E-state index contributed by atoms with van der Waals surface area (Å²) in [5, 5.41) is 0.353. The summed E-state index contributed by atoms with van der Waals surface area (Å²) in [5.41, 5.74) is 2.88. The van der Waals surface area contributed by atoms with Gasteiger partial charge in [0.2, 0.25) is 0 Å². The van der Waals surface area contributed by atoms with Gasteiger partial charge in [0.1, 0.15) is 5.75 Å². The first-order valence-electron chi connectivity index (χ1n) is 10.2. The highest BCUT2D eigenvalue weighted by molar-refractivity contribution is 6.34. The molecule has 0 radical (unpaired) electrons. The maximum Gasteiger partial charge on any atom is 0.261 e. The summed E-state index contributed by atoms with van der Waals surface area (Å²) in [7, 11) is 4.61. The van der Waals surface area contributed by atoms with Crippen LogP contribution in [-0.4, -0.2) is 38.0 Å². The zero-order valence-electron chi connectivity index (χ0n) is 18.4. The monoisotopic (exact) mass is 463 g/mol. The van der Waals surface area contributed by atoms with Crippen molar-refractivity contribution in [1.82, 2.24) is 4.90 Å². The van der Waals surface area contributed by atoms with Crippen LogP contribution in [-0.2, 0) is 11.3 Å². The van der Waals surface area contributed by atoms with Crippen molar-refractivity contribution in [1.29, 1.82) is 0 Å². The molecule has 0 saturated carbocycles. The fraction of sp³-hybridized carbons (Fsp3) is 0.154. The molecule has 4 rings (SSSR count). The zero-order chi connectivity index (χ0) is 23.5. The summed E-state index contributed by atoms with van der Waals surface area (Å²) in [6.07, 6.45) is 1.71. The molecule has 0 bridgehead atoms. The van der Waals surface area contributed by atoms with Crippen molar-refractivity contribution >= 4 is 35.1 Å². The van der Waals surface area contributed by atoms with Crippen LogP contribution in [0.25, 0.3) is 11.6 Å². The summed E-state index contributed by atoms with van der Waals surface area (Å²) < 4.78 is 15.9. The van der Waals surface area contributed by atoms with E-state index < -0.39 is 0 Å². The van der Waals surface area contributed by atoms with Crippen LogP contribution in [0, 0.1) is 0 Å². The van der Waals surface area contributed by atoms with Gasteiger partial charge in [-0.1, -0.05) is 41.9 Å². The van der Waals surface area contributed by atoms with Crippen molar-refractivity contribution in [2.75, 3.05) is 21.3 Å². The Hall–Kier alpha value is -3.77. The average Bonchev–Trinajstić information content (AvgIpc) is 2.84. The predicted molar refractivity (Wildman–Crippen MR) is 127 cm³/mol.